The van der Waals surface area contributed by atoms with E-state index in [1.165, 1.54) is 0 Å². The van der Waals surface area contributed by atoms with Crippen LogP contribution in [-0.4, -0.2) is 27.2 Å². The van der Waals surface area contributed by atoms with Gasteiger partial charge in [-0.05, 0) is 24.6 Å². The number of aryl methyl sites for hydroxylation is 1. The van der Waals surface area contributed by atoms with Gasteiger partial charge in [-0.2, -0.15) is 8.42 Å². The van der Waals surface area contributed by atoms with Crippen LogP contribution in [0.1, 0.15) is 11.1 Å². The quantitative estimate of drug-likeness (QED) is 0.607. The summed E-state index contributed by atoms with van der Waals surface area (Å²) in [5, 5.41) is 0. The molecule has 2 aromatic rings. The third-order valence-electron chi connectivity index (χ3n) is 3.71. The minimum Gasteiger partial charge on any atom is -0.367 e. The van der Waals surface area contributed by atoms with Crippen LogP contribution in [0.2, 0.25) is 0 Å². The summed E-state index contributed by atoms with van der Waals surface area (Å²) in [4.78, 5) is 0.175. The molecule has 1 heterocycles. The lowest BCUT2D eigenvalue weighted by molar-refractivity contribution is 0.192. The van der Waals surface area contributed by atoms with Crippen molar-refractivity contribution < 1.29 is 17.3 Å². The fraction of sp³-hybridized carbons (Fsp3) is 0.294. The lowest BCUT2D eigenvalue weighted by atomic mass is 10.0. The molecular formula is C17H18O4S. The first-order chi connectivity index (χ1) is 10.5. The molecule has 0 spiro atoms. The Labute approximate surface area is 130 Å². The summed E-state index contributed by atoms with van der Waals surface area (Å²) >= 11 is 0. The summed E-state index contributed by atoms with van der Waals surface area (Å²) in [6, 6.07) is 16.5. The zero-order valence-corrected chi connectivity index (χ0v) is 13.2. The van der Waals surface area contributed by atoms with Crippen molar-refractivity contribution in [2.24, 2.45) is 0 Å². The molecule has 0 bridgehead atoms. The van der Waals surface area contributed by atoms with Crippen LogP contribution in [0.25, 0.3) is 0 Å². The molecule has 3 rings (SSSR count). The average molecular weight is 318 g/mol. The van der Waals surface area contributed by atoms with Gasteiger partial charge in [-0.1, -0.05) is 48.0 Å². The Morgan fingerprint density at radius 2 is 1.73 bits per heavy atom. The van der Waals surface area contributed by atoms with Crippen LogP contribution >= 0.6 is 0 Å². The Kier molecular flexibility index (Phi) is 4.04. The summed E-state index contributed by atoms with van der Waals surface area (Å²) in [6.45, 7) is 2.47. The molecule has 1 aliphatic rings. The van der Waals surface area contributed by atoms with Gasteiger partial charge in [-0.25, -0.2) is 0 Å². The molecule has 22 heavy (non-hydrogen) atoms. The van der Waals surface area contributed by atoms with Crippen LogP contribution in [0.4, 0.5) is 0 Å². The van der Waals surface area contributed by atoms with E-state index < -0.39 is 15.7 Å². The molecule has 1 saturated heterocycles. The zero-order valence-electron chi connectivity index (χ0n) is 12.4. The molecule has 0 radical (unpaired) electrons. The Hall–Kier alpha value is -1.69. The molecule has 1 atom stereocenters. The number of ether oxygens (including phenoxy) is 1. The molecule has 5 heteroatoms. The predicted octanol–water partition coefficient (Wildman–Crippen LogP) is 2.71. The minimum absolute atomic E-state index is 0.0398. The van der Waals surface area contributed by atoms with E-state index >= 15 is 0 Å². The molecule has 0 saturated carbocycles. The van der Waals surface area contributed by atoms with Crippen LogP contribution in [-0.2, 0) is 25.5 Å². The Morgan fingerprint density at radius 1 is 1.09 bits per heavy atom. The highest BCUT2D eigenvalue weighted by atomic mass is 32.2. The number of epoxide rings is 1. The second kappa shape index (κ2) is 5.83. The summed E-state index contributed by atoms with van der Waals surface area (Å²) in [7, 11) is -3.74. The van der Waals surface area contributed by atoms with Gasteiger partial charge in [0.1, 0.15) is 5.60 Å². The fourth-order valence-corrected chi connectivity index (χ4v) is 3.24. The van der Waals surface area contributed by atoms with Crippen molar-refractivity contribution in [1.82, 2.24) is 0 Å². The molecule has 116 valence electrons. The second-order valence-electron chi connectivity index (χ2n) is 5.66. The monoisotopic (exact) mass is 318 g/mol. The van der Waals surface area contributed by atoms with Crippen LogP contribution in [0.3, 0.4) is 0 Å². The van der Waals surface area contributed by atoms with Crippen molar-refractivity contribution in [3.8, 4) is 0 Å². The first-order valence-corrected chi connectivity index (χ1v) is 8.54. The fourth-order valence-electron chi connectivity index (χ4n) is 2.26. The Bertz CT molecular complexity index is 732. The van der Waals surface area contributed by atoms with Crippen LogP contribution in [0, 0.1) is 6.92 Å². The number of benzene rings is 2. The van der Waals surface area contributed by atoms with Gasteiger partial charge in [-0.3, -0.25) is 4.18 Å². The lowest BCUT2D eigenvalue weighted by Gasteiger charge is -2.12. The summed E-state index contributed by atoms with van der Waals surface area (Å²) in [6.07, 6.45) is 0.650. The Morgan fingerprint density at radius 3 is 2.32 bits per heavy atom. The largest absolute Gasteiger partial charge is 0.367 e. The molecule has 0 unspecified atom stereocenters. The number of rotatable bonds is 6. The first kappa shape index (κ1) is 15.2. The van der Waals surface area contributed by atoms with E-state index in [-0.39, 0.29) is 11.5 Å². The molecule has 4 nitrogen and oxygen atoms in total. The van der Waals surface area contributed by atoms with Crippen molar-refractivity contribution in [3.63, 3.8) is 0 Å². The van der Waals surface area contributed by atoms with Gasteiger partial charge in [0.15, 0.2) is 0 Å². The number of hydrogen-bond acceptors (Lipinski definition) is 4. The highest BCUT2D eigenvalue weighted by Crippen LogP contribution is 2.32. The van der Waals surface area contributed by atoms with Crippen molar-refractivity contribution in [1.29, 1.82) is 0 Å². The van der Waals surface area contributed by atoms with Gasteiger partial charge in [0.2, 0.25) is 0 Å². The summed E-state index contributed by atoms with van der Waals surface area (Å²) < 4.78 is 35.0. The lowest BCUT2D eigenvalue weighted by Crippen LogP contribution is -2.25. The third kappa shape index (κ3) is 3.55. The van der Waals surface area contributed by atoms with Crippen molar-refractivity contribution in [2.75, 3.05) is 13.2 Å². The van der Waals surface area contributed by atoms with Crippen molar-refractivity contribution in [3.05, 3.63) is 65.7 Å². The van der Waals surface area contributed by atoms with Crippen molar-refractivity contribution in [2.45, 2.75) is 23.8 Å². The van der Waals surface area contributed by atoms with Crippen LogP contribution < -0.4 is 0 Å². The standard InChI is InChI=1S/C17H18O4S/c1-14-7-9-16(10-8-14)22(18,19)21-13-17(12-20-17)11-15-5-3-2-4-6-15/h2-10H,11-13H2,1H3/t17-/m0/s1. The molecular weight excluding hydrogens is 300 g/mol. The van der Waals surface area contributed by atoms with Gasteiger partial charge in [0, 0.05) is 6.42 Å². The SMILES string of the molecule is Cc1ccc(S(=O)(=O)OC[C@]2(Cc3ccccc3)CO2)cc1. The predicted molar refractivity (Wildman–Crippen MR) is 83.1 cm³/mol. The summed E-state index contributed by atoms with van der Waals surface area (Å²) in [5.41, 5.74) is 1.60. The highest BCUT2D eigenvalue weighted by molar-refractivity contribution is 7.86. The summed E-state index contributed by atoms with van der Waals surface area (Å²) in [5.74, 6) is 0. The van der Waals surface area contributed by atoms with Gasteiger partial charge >= 0.3 is 0 Å². The smallest absolute Gasteiger partial charge is 0.297 e. The van der Waals surface area contributed by atoms with E-state index in [1.54, 1.807) is 24.3 Å². The van der Waals surface area contributed by atoms with E-state index in [0.717, 1.165) is 11.1 Å². The van der Waals surface area contributed by atoms with Crippen LogP contribution in [0.5, 0.6) is 0 Å². The van der Waals surface area contributed by atoms with E-state index in [0.29, 0.717) is 13.0 Å². The Balaban J connectivity index is 1.65. The van der Waals surface area contributed by atoms with Crippen molar-refractivity contribution >= 4 is 10.1 Å². The molecule has 0 aromatic heterocycles. The van der Waals surface area contributed by atoms with Gasteiger partial charge in [0.05, 0.1) is 18.1 Å². The maximum atomic E-state index is 12.2. The number of hydrogen-bond donors (Lipinski definition) is 0. The maximum Gasteiger partial charge on any atom is 0.297 e. The van der Waals surface area contributed by atoms with Gasteiger partial charge in [0.25, 0.3) is 10.1 Å². The average Bonchev–Trinajstić information content (AvgIpc) is 3.27. The molecule has 2 aromatic carbocycles. The van der Waals surface area contributed by atoms with Gasteiger partial charge < -0.3 is 4.74 Å². The molecule has 1 aliphatic heterocycles. The first-order valence-electron chi connectivity index (χ1n) is 7.13. The van der Waals surface area contributed by atoms with Gasteiger partial charge in [-0.15, -0.1) is 0 Å². The van der Waals surface area contributed by atoms with E-state index in [1.807, 2.05) is 37.3 Å². The highest BCUT2D eigenvalue weighted by Gasteiger charge is 2.46. The molecule has 0 amide bonds. The normalized spacial score (nSPS) is 20.8. The van der Waals surface area contributed by atoms with E-state index in [2.05, 4.69) is 0 Å². The van der Waals surface area contributed by atoms with E-state index in [9.17, 15) is 8.42 Å². The maximum absolute atomic E-state index is 12.2. The topological polar surface area (TPSA) is 55.9 Å². The van der Waals surface area contributed by atoms with E-state index in [4.69, 9.17) is 8.92 Å². The zero-order chi connectivity index (χ0) is 15.6. The molecule has 1 fully saturated rings. The third-order valence-corrected chi connectivity index (χ3v) is 4.99. The molecule has 0 aliphatic carbocycles. The second-order valence-corrected chi connectivity index (χ2v) is 7.28. The van der Waals surface area contributed by atoms with Crippen LogP contribution in [0.15, 0.2) is 59.5 Å². The minimum atomic E-state index is -3.74. The molecule has 0 N–H and O–H groups in total.